The maximum atomic E-state index is 9.55. The molecule has 0 amide bonds. The van der Waals surface area contributed by atoms with E-state index in [4.69, 9.17) is 9.47 Å². The summed E-state index contributed by atoms with van der Waals surface area (Å²) < 4.78 is 12.6. The number of rotatable bonds is 6. The Morgan fingerprint density at radius 3 is 2.48 bits per heavy atom. The van der Waals surface area contributed by atoms with Gasteiger partial charge in [0.1, 0.15) is 0 Å². The van der Waals surface area contributed by atoms with E-state index < -0.39 is 0 Å². The van der Waals surface area contributed by atoms with Crippen molar-refractivity contribution < 1.29 is 9.47 Å². The van der Waals surface area contributed by atoms with Gasteiger partial charge in [0.15, 0.2) is 11.5 Å². The van der Waals surface area contributed by atoms with Gasteiger partial charge in [-0.15, -0.1) is 0 Å². The zero-order chi connectivity index (χ0) is 18.4. The third-order valence-electron chi connectivity index (χ3n) is 3.48. The van der Waals surface area contributed by atoms with E-state index in [1.165, 1.54) is 5.56 Å². The second kappa shape index (κ2) is 8.91. The van der Waals surface area contributed by atoms with E-state index in [1.54, 1.807) is 0 Å². The first kappa shape index (κ1) is 19.3. The van der Waals surface area contributed by atoms with Crippen LogP contribution >= 0.6 is 22.6 Å². The van der Waals surface area contributed by atoms with Crippen molar-refractivity contribution in [3.8, 4) is 17.6 Å². The number of hydrogen-bond acceptors (Lipinski definition) is 3. The number of ether oxygens (including phenoxy) is 2. The molecule has 0 aromatic heterocycles. The fraction of sp³-hybridized carbons (Fsp3) is 0.286. The predicted molar refractivity (Wildman–Crippen MR) is 111 cm³/mol. The molecule has 25 heavy (non-hydrogen) atoms. The molecule has 0 N–H and O–H groups in total. The monoisotopic (exact) mass is 447 g/mol. The fourth-order valence-corrected chi connectivity index (χ4v) is 3.12. The van der Waals surface area contributed by atoms with E-state index in [9.17, 15) is 5.26 Å². The molecule has 2 aromatic carbocycles. The first-order chi connectivity index (χ1) is 11.9. The summed E-state index contributed by atoms with van der Waals surface area (Å²) in [5.41, 5.74) is 3.62. The molecule has 3 nitrogen and oxygen atoms in total. The van der Waals surface area contributed by atoms with Gasteiger partial charge in [-0.25, -0.2) is 0 Å². The van der Waals surface area contributed by atoms with Gasteiger partial charge in [-0.2, -0.15) is 5.26 Å². The molecular weight excluding hydrogens is 425 g/mol. The number of nitrogens with zero attached hydrogens (tertiary/aromatic N) is 1. The minimum Gasteiger partial charge on any atom is -0.490 e. The van der Waals surface area contributed by atoms with Crippen molar-refractivity contribution in [3.63, 3.8) is 0 Å². The molecular formula is C21H22INO2. The molecule has 0 aliphatic carbocycles. The summed E-state index contributed by atoms with van der Waals surface area (Å²) in [6.07, 6.45) is 1.95. The molecule has 0 bridgehead atoms. The second-order valence-corrected chi connectivity index (χ2v) is 7.13. The maximum Gasteiger partial charge on any atom is 0.174 e. The summed E-state index contributed by atoms with van der Waals surface area (Å²) in [5.74, 6) is 1.46. The molecule has 0 heterocycles. The lowest BCUT2D eigenvalue weighted by Crippen LogP contribution is -2.09. The van der Waals surface area contributed by atoms with Gasteiger partial charge in [0, 0.05) is 0 Å². The highest BCUT2D eigenvalue weighted by atomic mass is 127. The Morgan fingerprint density at radius 2 is 1.92 bits per heavy atom. The van der Waals surface area contributed by atoms with Crippen LogP contribution in [0, 0.1) is 21.8 Å². The first-order valence-electron chi connectivity index (χ1n) is 8.26. The summed E-state index contributed by atoms with van der Waals surface area (Å²) in [6, 6.07) is 14.2. The Morgan fingerprint density at radius 1 is 1.24 bits per heavy atom. The maximum absolute atomic E-state index is 9.55. The fourth-order valence-electron chi connectivity index (χ4n) is 2.36. The molecule has 130 valence electrons. The highest BCUT2D eigenvalue weighted by Gasteiger charge is 2.13. The first-order valence-corrected chi connectivity index (χ1v) is 9.34. The summed E-state index contributed by atoms with van der Waals surface area (Å²) in [4.78, 5) is 0. The third kappa shape index (κ3) is 5.23. The van der Waals surface area contributed by atoms with Crippen LogP contribution in [0.1, 0.15) is 37.5 Å². The Labute approximate surface area is 163 Å². The highest BCUT2D eigenvalue weighted by Crippen LogP contribution is 2.36. The van der Waals surface area contributed by atoms with Crippen LogP contribution in [0.5, 0.6) is 11.5 Å². The molecule has 0 aliphatic rings. The van der Waals surface area contributed by atoms with Gasteiger partial charge in [-0.3, -0.25) is 0 Å². The van der Waals surface area contributed by atoms with Gasteiger partial charge < -0.3 is 9.47 Å². The topological polar surface area (TPSA) is 42.2 Å². The normalized spacial score (nSPS) is 11.3. The van der Waals surface area contributed by atoms with Crippen molar-refractivity contribution in [2.75, 3.05) is 6.61 Å². The zero-order valence-corrected chi connectivity index (χ0v) is 17.1. The van der Waals surface area contributed by atoms with Crippen molar-refractivity contribution in [3.05, 3.63) is 56.7 Å². The van der Waals surface area contributed by atoms with Crippen LogP contribution in [0.3, 0.4) is 0 Å². The number of aryl methyl sites for hydroxylation is 1. The number of allylic oxidation sites excluding steroid dienone is 1. The summed E-state index contributed by atoms with van der Waals surface area (Å²) >= 11 is 2.25. The Kier molecular flexibility index (Phi) is 6.89. The molecule has 2 rings (SSSR count). The van der Waals surface area contributed by atoms with Gasteiger partial charge in [0.2, 0.25) is 0 Å². The highest BCUT2D eigenvalue weighted by molar-refractivity contribution is 14.1. The molecule has 2 aromatic rings. The molecule has 0 radical (unpaired) electrons. The number of hydrogen-bond donors (Lipinski definition) is 0. The van der Waals surface area contributed by atoms with E-state index >= 15 is 0 Å². The van der Waals surface area contributed by atoms with Crippen molar-refractivity contribution in [2.24, 2.45) is 0 Å². The second-order valence-electron chi connectivity index (χ2n) is 5.97. The average Bonchev–Trinajstić information content (AvgIpc) is 2.57. The predicted octanol–water partition coefficient (Wildman–Crippen LogP) is 5.85. The number of halogens is 1. The summed E-state index contributed by atoms with van der Waals surface area (Å²) in [6.45, 7) is 8.52. The molecule has 0 aliphatic heterocycles. The quantitative estimate of drug-likeness (QED) is 0.317. The Hall–Kier alpha value is -2.00. The van der Waals surface area contributed by atoms with Gasteiger partial charge in [0.25, 0.3) is 0 Å². The van der Waals surface area contributed by atoms with E-state index in [2.05, 4.69) is 28.7 Å². The van der Waals surface area contributed by atoms with Crippen LogP contribution in [0.4, 0.5) is 0 Å². The molecule has 4 heteroatoms. The van der Waals surface area contributed by atoms with Crippen LogP contribution in [0.25, 0.3) is 11.6 Å². The molecule has 0 saturated heterocycles. The minimum absolute atomic E-state index is 0.0661. The number of nitriles is 1. The summed E-state index contributed by atoms with van der Waals surface area (Å²) in [7, 11) is 0. The Balaban J connectivity index is 2.47. The van der Waals surface area contributed by atoms with Crippen LogP contribution in [0.2, 0.25) is 0 Å². The number of benzene rings is 2. The van der Waals surface area contributed by atoms with Crippen LogP contribution in [-0.4, -0.2) is 12.7 Å². The third-order valence-corrected chi connectivity index (χ3v) is 4.28. The average molecular weight is 447 g/mol. The SMILES string of the molecule is CCOc1cc(/C=C(/C#N)c2ccc(C)cc2)cc(I)c1OC(C)C. The zero-order valence-electron chi connectivity index (χ0n) is 15.0. The molecule has 0 spiro atoms. The van der Waals surface area contributed by atoms with E-state index in [0.717, 1.165) is 20.4 Å². The molecule has 0 atom stereocenters. The van der Waals surface area contributed by atoms with E-state index in [-0.39, 0.29) is 6.10 Å². The van der Waals surface area contributed by atoms with Crippen LogP contribution in [0.15, 0.2) is 36.4 Å². The smallest absolute Gasteiger partial charge is 0.174 e. The lowest BCUT2D eigenvalue weighted by Gasteiger charge is -2.17. The van der Waals surface area contributed by atoms with Crippen molar-refractivity contribution >= 4 is 34.2 Å². The minimum atomic E-state index is 0.0661. The van der Waals surface area contributed by atoms with Gasteiger partial charge in [-0.1, -0.05) is 29.8 Å². The Bertz CT molecular complexity index is 802. The standard InChI is InChI=1S/C21H22INO2/c1-5-24-20-12-16(11-19(22)21(20)25-14(2)3)10-18(13-23)17-8-6-15(4)7-9-17/h6-12,14H,5H2,1-4H3/b18-10-. The lowest BCUT2D eigenvalue weighted by atomic mass is 10.0. The molecule has 0 fully saturated rings. The van der Waals surface area contributed by atoms with Crippen LogP contribution in [-0.2, 0) is 0 Å². The molecule has 0 saturated carbocycles. The van der Waals surface area contributed by atoms with Gasteiger partial charge in [-0.05, 0) is 79.6 Å². The largest absolute Gasteiger partial charge is 0.490 e. The van der Waals surface area contributed by atoms with Crippen molar-refractivity contribution in [1.29, 1.82) is 5.26 Å². The lowest BCUT2D eigenvalue weighted by molar-refractivity contribution is 0.222. The van der Waals surface area contributed by atoms with E-state index in [0.29, 0.717) is 17.9 Å². The van der Waals surface area contributed by atoms with Crippen molar-refractivity contribution in [2.45, 2.75) is 33.8 Å². The van der Waals surface area contributed by atoms with Crippen LogP contribution < -0.4 is 9.47 Å². The van der Waals surface area contributed by atoms with Crippen molar-refractivity contribution in [1.82, 2.24) is 0 Å². The van der Waals surface area contributed by atoms with Gasteiger partial charge in [0.05, 0.1) is 27.9 Å². The van der Waals surface area contributed by atoms with Gasteiger partial charge >= 0.3 is 0 Å². The van der Waals surface area contributed by atoms with E-state index in [1.807, 2.05) is 70.2 Å². The molecule has 0 unspecified atom stereocenters. The summed E-state index contributed by atoms with van der Waals surface area (Å²) in [5, 5.41) is 9.55.